The normalized spacial score (nSPS) is 24.3. The summed E-state index contributed by atoms with van der Waals surface area (Å²) in [5.41, 5.74) is 0.739. The second-order valence-electron chi connectivity index (χ2n) is 4.90. The average molecular weight is 253 g/mol. The molecule has 18 heavy (non-hydrogen) atoms. The van der Waals surface area contributed by atoms with E-state index in [4.69, 9.17) is 10.2 Å². The predicted molar refractivity (Wildman–Crippen MR) is 63.6 cm³/mol. The minimum absolute atomic E-state index is 0.101. The van der Waals surface area contributed by atoms with Gasteiger partial charge < -0.3 is 10.2 Å². The van der Waals surface area contributed by atoms with Crippen molar-refractivity contribution in [3.8, 4) is 5.75 Å². The van der Waals surface area contributed by atoms with Gasteiger partial charge >= 0.3 is 5.97 Å². The standard InChI is InChI=1S/C13H16FNO3/c1-8-5-15(7-10(8)13(17)18)6-9-2-3-12(16)11(14)4-9/h2-4,8,10,16H,5-7H2,1H3,(H,17,18)/t8-,10-/m1/s1. The molecule has 0 saturated carbocycles. The number of benzene rings is 1. The van der Waals surface area contributed by atoms with E-state index in [1.54, 1.807) is 6.07 Å². The maximum Gasteiger partial charge on any atom is 0.308 e. The number of rotatable bonds is 3. The monoisotopic (exact) mass is 253 g/mol. The first-order valence-corrected chi connectivity index (χ1v) is 5.90. The van der Waals surface area contributed by atoms with Gasteiger partial charge in [-0.15, -0.1) is 0 Å². The average Bonchev–Trinajstić information content (AvgIpc) is 2.65. The molecule has 1 fully saturated rings. The molecule has 2 atom stereocenters. The van der Waals surface area contributed by atoms with Crippen LogP contribution in [0, 0.1) is 17.7 Å². The molecule has 98 valence electrons. The van der Waals surface area contributed by atoms with Crippen molar-refractivity contribution in [1.29, 1.82) is 0 Å². The zero-order chi connectivity index (χ0) is 13.3. The Balaban J connectivity index is 2.03. The number of hydrogen-bond acceptors (Lipinski definition) is 3. The molecule has 0 unspecified atom stereocenters. The molecule has 0 amide bonds. The van der Waals surface area contributed by atoms with Crippen molar-refractivity contribution in [1.82, 2.24) is 4.90 Å². The number of aromatic hydroxyl groups is 1. The summed E-state index contributed by atoms with van der Waals surface area (Å²) in [6.45, 7) is 3.60. The number of carbonyl (C=O) groups is 1. The van der Waals surface area contributed by atoms with Crippen molar-refractivity contribution >= 4 is 5.97 Å². The second-order valence-corrected chi connectivity index (χ2v) is 4.90. The van der Waals surface area contributed by atoms with Crippen LogP contribution in [0.1, 0.15) is 12.5 Å². The van der Waals surface area contributed by atoms with Gasteiger partial charge in [-0.05, 0) is 23.6 Å². The largest absolute Gasteiger partial charge is 0.505 e. The molecule has 1 heterocycles. The van der Waals surface area contributed by atoms with Crippen LogP contribution in [0.5, 0.6) is 5.75 Å². The Labute approximate surface area is 105 Å². The molecule has 1 aromatic carbocycles. The Bertz CT molecular complexity index is 464. The fourth-order valence-corrected chi connectivity index (χ4v) is 2.42. The number of hydrogen-bond donors (Lipinski definition) is 2. The Hall–Kier alpha value is -1.62. The minimum atomic E-state index is -0.776. The van der Waals surface area contributed by atoms with Crippen molar-refractivity contribution in [2.75, 3.05) is 13.1 Å². The molecule has 4 nitrogen and oxygen atoms in total. The van der Waals surface area contributed by atoms with Gasteiger partial charge in [-0.25, -0.2) is 4.39 Å². The van der Waals surface area contributed by atoms with Crippen molar-refractivity contribution in [2.45, 2.75) is 13.5 Å². The fourth-order valence-electron chi connectivity index (χ4n) is 2.42. The van der Waals surface area contributed by atoms with E-state index >= 15 is 0 Å². The van der Waals surface area contributed by atoms with Gasteiger partial charge in [0.2, 0.25) is 0 Å². The van der Waals surface area contributed by atoms with Gasteiger partial charge in [0.25, 0.3) is 0 Å². The number of phenolic OH excluding ortho intramolecular Hbond substituents is 1. The molecule has 1 aliphatic heterocycles. The van der Waals surface area contributed by atoms with Gasteiger partial charge in [-0.2, -0.15) is 0 Å². The molecule has 0 aliphatic carbocycles. The summed E-state index contributed by atoms with van der Waals surface area (Å²) in [6.07, 6.45) is 0. The topological polar surface area (TPSA) is 60.8 Å². The van der Waals surface area contributed by atoms with Crippen molar-refractivity contribution in [2.24, 2.45) is 11.8 Å². The van der Waals surface area contributed by atoms with Crippen molar-refractivity contribution in [3.05, 3.63) is 29.6 Å². The van der Waals surface area contributed by atoms with Gasteiger partial charge in [0.15, 0.2) is 11.6 Å². The van der Waals surface area contributed by atoms with Crippen LogP contribution in [0.2, 0.25) is 0 Å². The zero-order valence-electron chi connectivity index (χ0n) is 10.1. The zero-order valence-corrected chi connectivity index (χ0v) is 10.1. The molecule has 0 spiro atoms. The Morgan fingerprint density at radius 3 is 2.78 bits per heavy atom. The number of carboxylic acid groups (broad SMARTS) is 1. The highest BCUT2D eigenvalue weighted by molar-refractivity contribution is 5.71. The molecule has 1 aromatic rings. The third-order valence-electron chi connectivity index (χ3n) is 3.42. The van der Waals surface area contributed by atoms with E-state index in [2.05, 4.69) is 0 Å². The number of aliphatic carboxylic acids is 1. The SMILES string of the molecule is C[C@@H]1CN(Cc2ccc(O)c(F)c2)C[C@H]1C(=O)O. The number of phenols is 1. The molecule has 1 saturated heterocycles. The summed E-state index contributed by atoms with van der Waals surface area (Å²) in [4.78, 5) is 13.0. The van der Waals surface area contributed by atoms with Crippen LogP contribution in [0.25, 0.3) is 0 Å². The number of halogens is 1. The molecule has 2 rings (SSSR count). The van der Waals surface area contributed by atoms with E-state index in [9.17, 15) is 9.18 Å². The first kappa shape index (κ1) is 12.8. The van der Waals surface area contributed by atoms with Gasteiger partial charge in [-0.3, -0.25) is 9.69 Å². The summed E-state index contributed by atoms with van der Waals surface area (Å²) in [5, 5.41) is 18.1. The van der Waals surface area contributed by atoms with E-state index in [-0.39, 0.29) is 17.6 Å². The van der Waals surface area contributed by atoms with Crippen LogP contribution in [0.15, 0.2) is 18.2 Å². The third-order valence-corrected chi connectivity index (χ3v) is 3.42. The first-order chi connectivity index (χ1) is 8.47. The van der Waals surface area contributed by atoms with E-state index in [0.717, 1.165) is 5.56 Å². The van der Waals surface area contributed by atoms with Crippen LogP contribution in [-0.4, -0.2) is 34.2 Å². The maximum absolute atomic E-state index is 13.2. The Kier molecular flexibility index (Phi) is 3.52. The lowest BCUT2D eigenvalue weighted by atomic mass is 9.99. The maximum atomic E-state index is 13.2. The van der Waals surface area contributed by atoms with Crippen molar-refractivity contribution < 1.29 is 19.4 Å². The molecule has 0 aromatic heterocycles. The summed E-state index contributed by atoms with van der Waals surface area (Å²) in [6, 6.07) is 4.25. The highest BCUT2D eigenvalue weighted by Crippen LogP contribution is 2.25. The summed E-state index contributed by atoms with van der Waals surface area (Å²) in [7, 11) is 0. The van der Waals surface area contributed by atoms with Crippen LogP contribution in [0.3, 0.4) is 0 Å². The van der Waals surface area contributed by atoms with Gasteiger partial charge in [-0.1, -0.05) is 13.0 Å². The molecular formula is C13H16FNO3. The lowest BCUT2D eigenvalue weighted by Gasteiger charge is -2.15. The summed E-state index contributed by atoms with van der Waals surface area (Å²) < 4.78 is 13.2. The first-order valence-electron chi connectivity index (χ1n) is 5.90. The third kappa shape index (κ3) is 2.61. The van der Waals surface area contributed by atoms with Crippen LogP contribution in [-0.2, 0) is 11.3 Å². The fraction of sp³-hybridized carbons (Fsp3) is 0.462. The van der Waals surface area contributed by atoms with E-state index in [0.29, 0.717) is 19.6 Å². The van der Waals surface area contributed by atoms with E-state index < -0.39 is 11.8 Å². The van der Waals surface area contributed by atoms with Gasteiger partial charge in [0.05, 0.1) is 5.92 Å². The lowest BCUT2D eigenvalue weighted by Crippen LogP contribution is -2.23. The van der Waals surface area contributed by atoms with Gasteiger partial charge in [0.1, 0.15) is 0 Å². The van der Waals surface area contributed by atoms with Crippen LogP contribution < -0.4 is 0 Å². The molecule has 5 heteroatoms. The second kappa shape index (κ2) is 4.94. The highest BCUT2D eigenvalue weighted by atomic mass is 19.1. The Morgan fingerprint density at radius 1 is 1.50 bits per heavy atom. The molecule has 2 N–H and O–H groups in total. The molecule has 0 radical (unpaired) electrons. The van der Waals surface area contributed by atoms with E-state index in [1.165, 1.54) is 12.1 Å². The lowest BCUT2D eigenvalue weighted by molar-refractivity contribution is -0.142. The number of nitrogens with zero attached hydrogens (tertiary/aromatic N) is 1. The highest BCUT2D eigenvalue weighted by Gasteiger charge is 2.34. The Morgan fingerprint density at radius 2 is 2.22 bits per heavy atom. The van der Waals surface area contributed by atoms with Crippen LogP contribution in [0.4, 0.5) is 4.39 Å². The van der Waals surface area contributed by atoms with E-state index in [1.807, 2.05) is 11.8 Å². The minimum Gasteiger partial charge on any atom is -0.505 e. The molecule has 0 bridgehead atoms. The van der Waals surface area contributed by atoms with Gasteiger partial charge in [0, 0.05) is 19.6 Å². The summed E-state index contributed by atoms with van der Waals surface area (Å²) in [5.74, 6) is -2.04. The van der Waals surface area contributed by atoms with Crippen molar-refractivity contribution in [3.63, 3.8) is 0 Å². The molecule has 1 aliphatic rings. The number of carboxylic acids is 1. The quantitative estimate of drug-likeness (QED) is 0.860. The smallest absolute Gasteiger partial charge is 0.308 e. The van der Waals surface area contributed by atoms with Crippen LogP contribution >= 0.6 is 0 Å². The number of likely N-dealkylation sites (tertiary alicyclic amines) is 1. The molecular weight excluding hydrogens is 237 g/mol. The predicted octanol–water partition coefficient (Wildman–Crippen LogP) is 1.68. The summed E-state index contributed by atoms with van der Waals surface area (Å²) >= 11 is 0.